The topological polar surface area (TPSA) is 87.2 Å². The van der Waals surface area contributed by atoms with E-state index in [1.54, 1.807) is 33.8 Å². The molecule has 3 aliphatic heterocycles. The van der Waals surface area contributed by atoms with E-state index in [1.807, 2.05) is 12.1 Å². The van der Waals surface area contributed by atoms with Crippen molar-refractivity contribution in [1.29, 1.82) is 0 Å². The first-order valence-electron chi connectivity index (χ1n) is 10.9. The molecule has 2 fully saturated rings. The number of Topliss-reactive ketones (excluding diaryl/α,β-unsaturated/α-hetero) is 1. The number of nitrogens with zero attached hydrogens (tertiary/aromatic N) is 3. The van der Waals surface area contributed by atoms with Gasteiger partial charge >= 0.3 is 0 Å². The summed E-state index contributed by atoms with van der Waals surface area (Å²) in [6.07, 6.45) is 1.46. The lowest BCUT2D eigenvalue weighted by Crippen LogP contribution is -2.55. The third-order valence-electron chi connectivity index (χ3n) is 6.78. The van der Waals surface area contributed by atoms with Gasteiger partial charge in [0.05, 0.1) is 12.0 Å². The molecule has 3 heterocycles. The monoisotopic (exact) mass is 427 g/mol. The molecule has 1 aromatic rings. The highest BCUT2D eigenvalue weighted by Gasteiger charge is 2.44. The number of ether oxygens (including phenoxy) is 1. The first-order valence-corrected chi connectivity index (χ1v) is 10.9. The van der Waals surface area contributed by atoms with Crippen molar-refractivity contribution in [2.75, 3.05) is 32.7 Å². The molecule has 3 aliphatic rings. The van der Waals surface area contributed by atoms with Crippen LogP contribution in [0.25, 0.3) is 0 Å². The van der Waals surface area contributed by atoms with Crippen LogP contribution in [0.2, 0.25) is 0 Å². The Bertz CT molecular complexity index is 908. The van der Waals surface area contributed by atoms with Crippen LogP contribution in [0.1, 0.15) is 49.9 Å². The van der Waals surface area contributed by atoms with Gasteiger partial charge in [-0.3, -0.25) is 19.2 Å². The van der Waals surface area contributed by atoms with Crippen LogP contribution in [0.4, 0.5) is 0 Å². The summed E-state index contributed by atoms with van der Waals surface area (Å²) in [5.41, 5.74) is -0.111. The number of rotatable bonds is 2. The van der Waals surface area contributed by atoms with Crippen LogP contribution < -0.4 is 4.74 Å². The number of likely N-dealkylation sites (tertiary alicyclic amines) is 1. The average molecular weight is 428 g/mol. The van der Waals surface area contributed by atoms with Gasteiger partial charge < -0.3 is 19.4 Å². The SMILES string of the molecule is CC(=O)N1CCN(C(=O)C(C)N2CCC3(CCC2=O)CC(=O)c2ccccc2O3)CC1. The molecule has 4 rings (SSSR count). The number of para-hydroxylation sites is 1. The molecule has 8 heteroatoms. The van der Waals surface area contributed by atoms with E-state index in [-0.39, 0.29) is 36.3 Å². The number of hydrogen-bond acceptors (Lipinski definition) is 5. The summed E-state index contributed by atoms with van der Waals surface area (Å²) in [5, 5.41) is 0. The lowest BCUT2D eigenvalue weighted by molar-refractivity contribution is -0.147. The molecule has 1 spiro atoms. The largest absolute Gasteiger partial charge is 0.486 e. The van der Waals surface area contributed by atoms with E-state index >= 15 is 0 Å². The van der Waals surface area contributed by atoms with Crippen LogP contribution in [-0.4, -0.2) is 82.6 Å². The van der Waals surface area contributed by atoms with Crippen molar-refractivity contribution in [2.45, 2.75) is 51.2 Å². The lowest BCUT2D eigenvalue weighted by atomic mass is 9.84. The quantitative estimate of drug-likeness (QED) is 0.714. The van der Waals surface area contributed by atoms with E-state index in [9.17, 15) is 19.2 Å². The molecule has 0 saturated carbocycles. The molecule has 0 radical (unpaired) electrons. The van der Waals surface area contributed by atoms with Crippen LogP contribution >= 0.6 is 0 Å². The Morgan fingerprint density at radius 3 is 2.39 bits per heavy atom. The third kappa shape index (κ3) is 4.16. The fourth-order valence-corrected chi connectivity index (χ4v) is 4.82. The molecule has 166 valence electrons. The van der Waals surface area contributed by atoms with Gasteiger partial charge in [-0.2, -0.15) is 0 Å². The molecule has 0 bridgehead atoms. The van der Waals surface area contributed by atoms with Gasteiger partial charge in [0, 0.05) is 52.5 Å². The zero-order valence-electron chi connectivity index (χ0n) is 18.1. The number of piperazine rings is 1. The molecule has 0 aliphatic carbocycles. The Morgan fingerprint density at radius 2 is 1.68 bits per heavy atom. The first kappa shape index (κ1) is 21.3. The standard InChI is InChI=1S/C23H29N3O5/c1-16(22(30)25-13-11-24(12-14-25)17(2)27)26-10-9-23(8-7-21(26)29)15-19(28)18-5-3-4-6-20(18)31-23/h3-6,16H,7-15H2,1-2H3. The summed E-state index contributed by atoms with van der Waals surface area (Å²) < 4.78 is 6.27. The van der Waals surface area contributed by atoms with Gasteiger partial charge in [-0.05, 0) is 25.5 Å². The second-order valence-electron chi connectivity index (χ2n) is 8.73. The van der Waals surface area contributed by atoms with E-state index in [0.29, 0.717) is 56.9 Å². The zero-order valence-corrected chi connectivity index (χ0v) is 18.1. The van der Waals surface area contributed by atoms with Crippen molar-refractivity contribution in [3.05, 3.63) is 29.8 Å². The minimum atomic E-state index is -0.703. The van der Waals surface area contributed by atoms with E-state index in [2.05, 4.69) is 0 Å². The van der Waals surface area contributed by atoms with Gasteiger partial charge in [0.2, 0.25) is 17.7 Å². The predicted octanol–water partition coefficient (Wildman–Crippen LogP) is 1.48. The number of amides is 3. The minimum absolute atomic E-state index is 0.0109. The van der Waals surface area contributed by atoms with Gasteiger partial charge in [0.15, 0.2) is 5.78 Å². The molecule has 3 amide bonds. The molecule has 1 aromatic carbocycles. The number of hydrogen-bond donors (Lipinski definition) is 0. The van der Waals surface area contributed by atoms with Crippen molar-refractivity contribution < 1.29 is 23.9 Å². The fourth-order valence-electron chi connectivity index (χ4n) is 4.82. The van der Waals surface area contributed by atoms with E-state index in [4.69, 9.17) is 4.74 Å². The first-order chi connectivity index (χ1) is 14.8. The second kappa shape index (κ2) is 8.32. The van der Waals surface area contributed by atoms with E-state index < -0.39 is 11.6 Å². The van der Waals surface area contributed by atoms with E-state index in [1.165, 1.54) is 6.92 Å². The van der Waals surface area contributed by atoms with Gasteiger partial charge in [-0.15, -0.1) is 0 Å². The molecule has 2 atom stereocenters. The molecule has 2 unspecified atom stereocenters. The molecule has 2 saturated heterocycles. The van der Waals surface area contributed by atoms with Gasteiger partial charge in [-0.25, -0.2) is 0 Å². The molecule has 8 nitrogen and oxygen atoms in total. The number of benzene rings is 1. The molecular formula is C23H29N3O5. The van der Waals surface area contributed by atoms with Crippen molar-refractivity contribution in [3.63, 3.8) is 0 Å². The van der Waals surface area contributed by atoms with Gasteiger partial charge in [0.25, 0.3) is 0 Å². The van der Waals surface area contributed by atoms with Gasteiger partial charge in [-0.1, -0.05) is 12.1 Å². The summed E-state index contributed by atoms with van der Waals surface area (Å²) >= 11 is 0. The van der Waals surface area contributed by atoms with Crippen molar-refractivity contribution in [1.82, 2.24) is 14.7 Å². The Labute approximate surface area is 182 Å². The predicted molar refractivity (Wildman–Crippen MR) is 113 cm³/mol. The maximum absolute atomic E-state index is 13.1. The highest BCUT2D eigenvalue weighted by molar-refractivity contribution is 6.00. The number of ketones is 1. The summed E-state index contributed by atoms with van der Waals surface area (Å²) in [6, 6.07) is 6.64. The highest BCUT2D eigenvalue weighted by atomic mass is 16.5. The molecular weight excluding hydrogens is 398 g/mol. The minimum Gasteiger partial charge on any atom is -0.486 e. The maximum Gasteiger partial charge on any atom is 0.245 e. The lowest BCUT2D eigenvalue weighted by Gasteiger charge is -2.38. The summed E-state index contributed by atoms with van der Waals surface area (Å²) in [4.78, 5) is 55.3. The summed E-state index contributed by atoms with van der Waals surface area (Å²) in [6.45, 7) is 5.64. The number of fused-ring (bicyclic) bond motifs is 1. The number of carbonyl (C=O) groups excluding carboxylic acids is 4. The fraction of sp³-hybridized carbons (Fsp3) is 0.565. The second-order valence-corrected chi connectivity index (χ2v) is 8.73. The average Bonchev–Trinajstić information content (AvgIpc) is 2.92. The number of carbonyl (C=O) groups is 4. The molecule has 31 heavy (non-hydrogen) atoms. The highest BCUT2D eigenvalue weighted by Crippen LogP contribution is 2.39. The summed E-state index contributed by atoms with van der Waals surface area (Å²) in [5.74, 6) is 0.438. The van der Waals surface area contributed by atoms with Crippen LogP contribution in [0.5, 0.6) is 5.75 Å². The smallest absolute Gasteiger partial charge is 0.245 e. The van der Waals surface area contributed by atoms with Crippen LogP contribution in [0.3, 0.4) is 0 Å². The zero-order chi connectivity index (χ0) is 22.2. The summed E-state index contributed by atoms with van der Waals surface area (Å²) in [7, 11) is 0. The van der Waals surface area contributed by atoms with Gasteiger partial charge in [0.1, 0.15) is 17.4 Å². The maximum atomic E-state index is 13.1. The Morgan fingerprint density at radius 1 is 1.00 bits per heavy atom. The molecule has 0 aromatic heterocycles. The third-order valence-corrected chi connectivity index (χ3v) is 6.78. The Kier molecular flexibility index (Phi) is 5.73. The van der Waals surface area contributed by atoms with Crippen molar-refractivity contribution in [3.8, 4) is 5.75 Å². The van der Waals surface area contributed by atoms with E-state index in [0.717, 1.165) is 0 Å². The van der Waals surface area contributed by atoms with Crippen molar-refractivity contribution >= 4 is 23.5 Å². The molecule has 0 N–H and O–H groups in total. The van der Waals surface area contributed by atoms with Crippen LogP contribution in [-0.2, 0) is 14.4 Å². The Hall–Kier alpha value is -2.90. The van der Waals surface area contributed by atoms with Crippen LogP contribution in [0.15, 0.2) is 24.3 Å². The van der Waals surface area contributed by atoms with Crippen molar-refractivity contribution in [2.24, 2.45) is 0 Å². The normalized spacial score (nSPS) is 25.0. The Balaban J connectivity index is 1.43. The van der Waals surface area contributed by atoms with Crippen LogP contribution in [0, 0.1) is 0 Å².